The van der Waals surface area contributed by atoms with Crippen molar-refractivity contribution in [2.45, 2.75) is 51.0 Å². The molecule has 1 aliphatic carbocycles. The van der Waals surface area contributed by atoms with E-state index in [4.69, 9.17) is 0 Å². The summed E-state index contributed by atoms with van der Waals surface area (Å²) in [6.07, 6.45) is 9.01. The minimum Gasteiger partial charge on any atom is -0.355 e. The van der Waals surface area contributed by atoms with Crippen molar-refractivity contribution in [2.75, 3.05) is 39.5 Å². The summed E-state index contributed by atoms with van der Waals surface area (Å²) in [5.74, 6) is 0.0307. The fourth-order valence-corrected chi connectivity index (χ4v) is 4.53. The molecule has 0 spiro atoms. The zero-order valence-corrected chi connectivity index (χ0v) is 15.3. The van der Waals surface area contributed by atoms with Crippen LogP contribution in [-0.4, -0.2) is 69.1 Å². The van der Waals surface area contributed by atoms with Crippen molar-refractivity contribution in [1.29, 1.82) is 0 Å². The van der Waals surface area contributed by atoms with Crippen LogP contribution in [0.2, 0.25) is 0 Å². The third-order valence-electron chi connectivity index (χ3n) is 5.26. The highest BCUT2D eigenvalue weighted by Crippen LogP contribution is 2.21. The van der Waals surface area contributed by atoms with Crippen LogP contribution in [0.1, 0.15) is 44.9 Å². The van der Waals surface area contributed by atoms with E-state index >= 15 is 0 Å². The fourth-order valence-electron chi connectivity index (χ4n) is 3.65. The van der Waals surface area contributed by atoms with Crippen molar-refractivity contribution >= 4 is 15.9 Å². The second-order valence-electron chi connectivity index (χ2n) is 7.00. The molecule has 0 bridgehead atoms. The summed E-state index contributed by atoms with van der Waals surface area (Å²) >= 11 is 0. The third kappa shape index (κ3) is 5.72. The molecule has 1 aliphatic heterocycles. The number of likely N-dealkylation sites (N-methyl/N-ethyl adjacent to an activating group) is 1. The maximum Gasteiger partial charge on any atom is 0.223 e. The third-order valence-corrected chi connectivity index (χ3v) is 6.56. The Bertz CT molecular complexity index is 481. The minimum atomic E-state index is -3.12. The van der Waals surface area contributed by atoms with Gasteiger partial charge in [0.05, 0.1) is 6.26 Å². The van der Waals surface area contributed by atoms with Crippen LogP contribution in [0.25, 0.3) is 0 Å². The average molecular weight is 346 g/mol. The van der Waals surface area contributed by atoms with Gasteiger partial charge in [0.15, 0.2) is 0 Å². The quantitative estimate of drug-likeness (QED) is 0.781. The summed E-state index contributed by atoms with van der Waals surface area (Å²) < 4.78 is 24.4. The first kappa shape index (κ1) is 18.7. The van der Waals surface area contributed by atoms with Gasteiger partial charge in [-0.3, -0.25) is 4.79 Å². The number of piperidine rings is 1. The lowest BCUT2D eigenvalue weighted by Gasteiger charge is -2.32. The van der Waals surface area contributed by atoms with E-state index in [0.29, 0.717) is 38.5 Å². The molecule has 0 aromatic carbocycles. The van der Waals surface area contributed by atoms with Gasteiger partial charge in [-0.05, 0) is 32.7 Å². The monoisotopic (exact) mass is 345 g/mol. The van der Waals surface area contributed by atoms with Crippen LogP contribution >= 0.6 is 0 Å². The molecule has 1 amide bonds. The zero-order valence-electron chi connectivity index (χ0n) is 14.5. The largest absolute Gasteiger partial charge is 0.355 e. The van der Waals surface area contributed by atoms with Crippen molar-refractivity contribution in [3.63, 3.8) is 0 Å². The van der Waals surface area contributed by atoms with Crippen LogP contribution in [0, 0.1) is 5.92 Å². The Morgan fingerprint density at radius 1 is 1.13 bits per heavy atom. The highest BCUT2D eigenvalue weighted by Gasteiger charge is 2.28. The lowest BCUT2D eigenvalue weighted by atomic mass is 9.94. The molecule has 0 aromatic rings. The molecule has 23 heavy (non-hydrogen) atoms. The summed E-state index contributed by atoms with van der Waals surface area (Å²) in [4.78, 5) is 14.6. The first-order valence-electron chi connectivity index (χ1n) is 8.81. The number of rotatable bonds is 6. The number of nitrogens with zero attached hydrogens (tertiary/aromatic N) is 2. The molecule has 2 rings (SSSR count). The second kappa shape index (κ2) is 8.44. The van der Waals surface area contributed by atoms with Crippen LogP contribution in [0.3, 0.4) is 0 Å². The van der Waals surface area contributed by atoms with Gasteiger partial charge in [-0.2, -0.15) is 0 Å². The first-order valence-corrected chi connectivity index (χ1v) is 10.7. The average Bonchev–Trinajstić information content (AvgIpc) is 2.54. The summed E-state index contributed by atoms with van der Waals surface area (Å²) in [7, 11) is -0.975. The summed E-state index contributed by atoms with van der Waals surface area (Å²) in [5, 5.41) is 3.03. The molecule has 0 aromatic heterocycles. The topological polar surface area (TPSA) is 69.7 Å². The molecule has 0 unspecified atom stereocenters. The van der Waals surface area contributed by atoms with Crippen LogP contribution in [-0.2, 0) is 14.8 Å². The molecule has 134 valence electrons. The van der Waals surface area contributed by atoms with Crippen molar-refractivity contribution in [3.8, 4) is 0 Å². The molecule has 2 aliphatic rings. The molecule has 0 atom stereocenters. The maximum atomic E-state index is 12.2. The molecule has 1 saturated heterocycles. The van der Waals surface area contributed by atoms with Crippen LogP contribution in [0.15, 0.2) is 0 Å². The number of sulfonamides is 1. The highest BCUT2D eigenvalue weighted by atomic mass is 32.2. The Morgan fingerprint density at radius 2 is 1.74 bits per heavy atom. The summed E-state index contributed by atoms with van der Waals surface area (Å²) in [5.41, 5.74) is 0. The summed E-state index contributed by atoms with van der Waals surface area (Å²) in [6, 6.07) is 0.665. The lowest BCUT2D eigenvalue weighted by molar-refractivity contribution is -0.126. The predicted octanol–water partition coefficient (Wildman–Crippen LogP) is 1.04. The molecule has 0 radical (unpaired) electrons. The number of nitrogens with one attached hydrogen (secondary N) is 1. The van der Waals surface area contributed by atoms with Gasteiger partial charge < -0.3 is 10.2 Å². The van der Waals surface area contributed by atoms with Gasteiger partial charge in [0.25, 0.3) is 0 Å². The summed E-state index contributed by atoms with van der Waals surface area (Å²) in [6.45, 7) is 2.48. The molecule has 1 N–H and O–H groups in total. The Balaban J connectivity index is 1.65. The van der Waals surface area contributed by atoms with E-state index in [-0.39, 0.29) is 11.8 Å². The van der Waals surface area contributed by atoms with Crippen molar-refractivity contribution in [1.82, 2.24) is 14.5 Å². The van der Waals surface area contributed by atoms with E-state index in [1.165, 1.54) is 42.7 Å². The molecular formula is C16H31N3O3S. The minimum absolute atomic E-state index is 0.0482. The first-order chi connectivity index (χ1) is 10.9. The van der Waals surface area contributed by atoms with Crippen molar-refractivity contribution < 1.29 is 13.2 Å². The molecule has 1 heterocycles. The SMILES string of the molecule is CN(CCNC(=O)C1CCN(S(C)(=O)=O)CC1)C1CCCCC1. The van der Waals surface area contributed by atoms with E-state index in [0.717, 1.165) is 6.54 Å². The van der Waals surface area contributed by atoms with E-state index in [2.05, 4.69) is 17.3 Å². The number of hydrogen-bond acceptors (Lipinski definition) is 4. The molecule has 1 saturated carbocycles. The molecular weight excluding hydrogens is 314 g/mol. The maximum absolute atomic E-state index is 12.2. The van der Waals surface area contributed by atoms with Crippen molar-refractivity contribution in [3.05, 3.63) is 0 Å². The number of amides is 1. The standard InChI is InChI=1S/C16H31N3O3S/c1-18(15-6-4-3-5-7-15)13-10-17-16(20)14-8-11-19(12-9-14)23(2,21)22/h14-15H,3-13H2,1-2H3,(H,17,20). The van der Waals surface area contributed by atoms with Gasteiger partial charge in [0.2, 0.25) is 15.9 Å². The number of carbonyl (C=O) groups is 1. The van der Waals surface area contributed by atoms with Crippen LogP contribution in [0.4, 0.5) is 0 Å². The zero-order chi connectivity index (χ0) is 16.9. The van der Waals surface area contributed by atoms with E-state index in [9.17, 15) is 13.2 Å². The van der Waals surface area contributed by atoms with Crippen LogP contribution in [0.5, 0.6) is 0 Å². The normalized spacial score (nSPS) is 22.4. The molecule has 7 heteroatoms. The Labute approximate surface area is 140 Å². The predicted molar refractivity (Wildman–Crippen MR) is 91.7 cm³/mol. The Kier molecular flexibility index (Phi) is 6.85. The second-order valence-corrected chi connectivity index (χ2v) is 8.98. The number of carbonyl (C=O) groups excluding carboxylic acids is 1. The van der Waals surface area contributed by atoms with Gasteiger partial charge >= 0.3 is 0 Å². The van der Waals surface area contributed by atoms with Gasteiger partial charge in [-0.15, -0.1) is 0 Å². The molecule has 2 fully saturated rings. The highest BCUT2D eigenvalue weighted by molar-refractivity contribution is 7.88. The smallest absolute Gasteiger partial charge is 0.223 e. The Hall–Kier alpha value is -0.660. The van der Waals surface area contributed by atoms with E-state index in [1.807, 2.05) is 0 Å². The number of hydrogen-bond donors (Lipinski definition) is 1. The van der Waals surface area contributed by atoms with Gasteiger partial charge in [-0.25, -0.2) is 12.7 Å². The lowest BCUT2D eigenvalue weighted by Crippen LogP contribution is -2.44. The van der Waals surface area contributed by atoms with Crippen LogP contribution < -0.4 is 5.32 Å². The van der Waals surface area contributed by atoms with Gasteiger partial charge in [0.1, 0.15) is 0 Å². The van der Waals surface area contributed by atoms with E-state index in [1.54, 1.807) is 0 Å². The van der Waals surface area contributed by atoms with Gasteiger partial charge in [0, 0.05) is 38.1 Å². The Morgan fingerprint density at radius 3 is 2.30 bits per heavy atom. The van der Waals surface area contributed by atoms with Crippen molar-refractivity contribution in [2.24, 2.45) is 5.92 Å². The molecule has 6 nitrogen and oxygen atoms in total. The fraction of sp³-hybridized carbons (Fsp3) is 0.938. The van der Waals surface area contributed by atoms with Gasteiger partial charge in [-0.1, -0.05) is 19.3 Å². The van der Waals surface area contributed by atoms with E-state index < -0.39 is 10.0 Å².